The summed E-state index contributed by atoms with van der Waals surface area (Å²) in [5, 5.41) is 3.88. The standard InChI is InChI=1S/C18H25N5O4/c1-12-9-14(27-21-12)17(25)22-7-4-18(5-8-22)16-13(19-11-20-16)3-6-23(18)15(24)10-26-2/h11,14H,3-10H2,1-2H3,(H,19,20)/t14-/m0/s1. The molecule has 9 heteroatoms. The summed E-state index contributed by atoms with van der Waals surface area (Å²) >= 11 is 0. The number of piperidine rings is 1. The number of carbonyl (C=O) groups excluding carboxylic acids is 2. The highest BCUT2D eigenvalue weighted by Crippen LogP contribution is 2.42. The van der Waals surface area contributed by atoms with Gasteiger partial charge in [-0.2, -0.15) is 0 Å². The van der Waals surface area contributed by atoms with E-state index in [9.17, 15) is 9.59 Å². The van der Waals surface area contributed by atoms with E-state index >= 15 is 0 Å². The van der Waals surface area contributed by atoms with Crippen LogP contribution in [0.15, 0.2) is 11.5 Å². The van der Waals surface area contributed by atoms with E-state index in [1.807, 2.05) is 16.7 Å². The number of nitrogens with one attached hydrogen (secondary N) is 1. The third-order valence-corrected chi connectivity index (χ3v) is 5.82. The topological polar surface area (TPSA) is 100 Å². The van der Waals surface area contributed by atoms with E-state index in [0.29, 0.717) is 38.9 Å². The zero-order valence-corrected chi connectivity index (χ0v) is 15.7. The molecule has 27 heavy (non-hydrogen) atoms. The molecule has 146 valence electrons. The van der Waals surface area contributed by atoms with Crippen LogP contribution < -0.4 is 0 Å². The summed E-state index contributed by atoms with van der Waals surface area (Å²) < 4.78 is 5.08. The summed E-state index contributed by atoms with van der Waals surface area (Å²) in [4.78, 5) is 42.2. The third kappa shape index (κ3) is 2.99. The number of fused-ring (bicyclic) bond motifs is 2. The number of hydrogen-bond acceptors (Lipinski definition) is 6. The van der Waals surface area contributed by atoms with Crippen LogP contribution in [0, 0.1) is 0 Å². The minimum Gasteiger partial charge on any atom is -0.382 e. The first-order chi connectivity index (χ1) is 13.0. The average molecular weight is 375 g/mol. The number of imidazole rings is 1. The molecule has 0 aromatic carbocycles. The van der Waals surface area contributed by atoms with Gasteiger partial charge in [0.15, 0.2) is 0 Å². The molecule has 0 unspecified atom stereocenters. The Hall–Kier alpha value is -2.42. The fourth-order valence-electron chi connectivity index (χ4n) is 4.48. The molecule has 4 heterocycles. The molecule has 1 aromatic rings. The van der Waals surface area contributed by atoms with Gasteiger partial charge in [0.1, 0.15) is 6.61 Å². The van der Waals surface area contributed by atoms with Crippen LogP contribution in [0.5, 0.6) is 0 Å². The van der Waals surface area contributed by atoms with Crippen LogP contribution >= 0.6 is 0 Å². The summed E-state index contributed by atoms with van der Waals surface area (Å²) in [6, 6.07) is 0. The second kappa shape index (κ2) is 6.95. The number of oxime groups is 1. The van der Waals surface area contributed by atoms with Crippen LogP contribution in [-0.4, -0.2) is 76.7 Å². The van der Waals surface area contributed by atoms with E-state index < -0.39 is 11.6 Å². The van der Waals surface area contributed by atoms with Crippen LogP contribution in [0.25, 0.3) is 0 Å². The van der Waals surface area contributed by atoms with Crippen molar-refractivity contribution in [2.45, 2.75) is 44.2 Å². The molecule has 1 spiro atoms. The molecule has 4 rings (SSSR count). The lowest BCUT2D eigenvalue weighted by molar-refractivity contribution is -0.151. The van der Waals surface area contributed by atoms with Gasteiger partial charge in [0.2, 0.25) is 12.0 Å². The number of rotatable bonds is 3. The number of methoxy groups -OCH3 is 1. The first-order valence-electron chi connectivity index (χ1n) is 9.35. The molecule has 0 saturated carbocycles. The maximum absolute atomic E-state index is 12.7. The van der Waals surface area contributed by atoms with Crippen LogP contribution in [0.4, 0.5) is 0 Å². The van der Waals surface area contributed by atoms with E-state index in [2.05, 4.69) is 15.1 Å². The zero-order chi connectivity index (χ0) is 19.0. The first-order valence-corrected chi connectivity index (χ1v) is 9.35. The summed E-state index contributed by atoms with van der Waals surface area (Å²) in [5.41, 5.74) is 2.37. The van der Waals surface area contributed by atoms with Crippen molar-refractivity contribution in [3.63, 3.8) is 0 Å². The van der Waals surface area contributed by atoms with E-state index in [0.717, 1.165) is 23.5 Å². The lowest BCUT2D eigenvalue weighted by Gasteiger charge is -2.50. The molecule has 3 aliphatic heterocycles. The van der Waals surface area contributed by atoms with Crippen LogP contribution in [0.1, 0.15) is 37.6 Å². The first kappa shape index (κ1) is 18.0. The minimum atomic E-state index is -0.516. The number of aromatic nitrogens is 2. The SMILES string of the molecule is COCC(=O)N1CCc2[nH]cnc2C12CCN(C(=O)[C@@H]1CC(C)=NO1)CC2. The zero-order valence-electron chi connectivity index (χ0n) is 15.7. The smallest absolute Gasteiger partial charge is 0.266 e. The lowest BCUT2D eigenvalue weighted by Crippen LogP contribution is -2.60. The number of ether oxygens (including phenoxy) is 1. The Labute approximate surface area is 157 Å². The van der Waals surface area contributed by atoms with Crippen molar-refractivity contribution in [2.24, 2.45) is 5.16 Å². The highest BCUT2D eigenvalue weighted by Gasteiger charge is 2.49. The van der Waals surface area contributed by atoms with Gasteiger partial charge in [0.25, 0.3) is 5.91 Å². The Kier molecular flexibility index (Phi) is 4.63. The summed E-state index contributed by atoms with van der Waals surface area (Å²) in [7, 11) is 1.53. The van der Waals surface area contributed by atoms with Gasteiger partial charge in [0.05, 0.1) is 23.3 Å². The Morgan fingerprint density at radius 1 is 1.37 bits per heavy atom. The number of hydrogen-bond donors (Lipinski definition) is 1. The lowest BCUT2D eigenvalue weighted by atomic mass is 9.78. The minimum absolute atomic E-state index is 0.0294. The van der Waals surface area contributed by atoms with Crippen molar-refractivity contribution in [3.05, 3.63) is 17.7 Å². The molecular weight excluding hydrogens is 350 g/mol. The molecule has 1 atom stereocenters. The monoisotopic (exact) mass is 375 g/mol. The van der Waals surface area contributed by atoms with Gasteiger partial charge in [-0.3, -0.25) is 9.59 Å². The summed E-state index contributed by atoms with van der Waals surface area (Å²) in [6.45, 7) is 3.65. The van der Waals surface area contributed by atoms with Crippen LogP contribution in [0.3, 0.4) is 0 Å². The van der Waals surface area contributed by atoms with Crippen molar-refractivity contribution in [3.8, 4) is 0 Å². The maximum atomic E-state index is 12.7. The maximum Gasteiger partial charge on any atom is 0.266 e. The molecule has 1 saturated heterocycles. The Morgan fingerprint density at radius 3 is 2.81 bits per heavy atom. The molecule has 1 aromatic heterocycles. The normalized spacial score (nSPS) is 23.8. The molecular formula is C18H25N5O4. The number of likely N-dealkylation sites (tertiary alicyclic amines) is 1. The summed E-state index contributed by atoms with van der Waals surface area (Å²) in [6.07, 6.45) is 3.78. The van der Waals surface area contributed by atoms with Crippen LogP contribution in [0.2, 0.25) is 0 Å². The Morgan fingerprint density at radius 2 is 2.15 bits per heavy atom. The molecule has 9 nitrogen and oxygen atoms in total. The van der Waals surface area contributed by atoms with E-state index in [-0.39, 0.29) is 18.4 Å². The van der Waals surface area contributed by atoms with Gasteiger partial charge >= 0.3 is 0 Å². The predicted molar refractivity (Wildman–Crippen MR) is 96.0 cm³/mol. The van der Waals surface area contributed by atoms with Gasteiger partial charge in [-0.15, -0.1) is 0 Å². The number of H-pyrrole nitrogens is 1. The van der Waals surface area contributed by atoms with Gasteiger partial charge < -0.3 is 24.4 Å². The largest absolute Gasteiger partial charge is 0.382 e. The van der Waals surface area contributed by atoms with Gasteiger partial charge in [-0.25, -0.2) is 4.98 Å². The fraction of sp³-hybridized carbons (Fsp3) is 0.667. The quantitative estimate of drug-likeness (QED) is 0.825. The predicted octanol–water partition coefficient (Wildman–Crippen LogP) is 0.423. The second-order valence-corrected chi connectivity index (χ2v) is 7.44. The van der Waals surface area contributed by atoms with E-state index in [1.165, 1.54) is 7.11 Å². The fourth-order valence-corrected chi connectivity index (χ4v) is 4.48. The Bertz CT molecular complexity index is 766. The van der Waals surface area contributed by atoms with Crippen LogP contribution in [-0.2, 0) is 31.1 Å². The van der Waals surface area contributed by atoms with Crippen molar-refractivity contribution >= 4 is 17.5 Å². The highest BCUT2D eigenvalue weighted by molar-refractivity contribution is 5.91. The molecule has 0 aliphatic carbocycles. The number of aromatic amines is 1. The summed E-state index contributed by atoms with van der Waals surface area (Å²) in [5.74, 6) is -0.0626. The van der Waals surface area contributed by atoms with Gasteiger partial charge in [-0.05, 0) is 19.8 Å². The van der Waals surface area contributed by atoms with Crippen molar-refractivity contribution in [1.82, 2.24) is 19.8 Å². The van der Waals surface area contributed by atoms with Crippen molar-refractivity contribution in [2.75, 3.05) is 33.4 Å². The van der Waals surface area contributed by atoms with E-state index in [1.54, 1.807) is 6.33 Å². The second-order valence-electron chi connectivity index (χ2n) is 7.44. The van der Waals surface area contributed by atoms with Gasteiger partial charge in [0, 0.05) is 45.3 Å². The highest BCUT2D eigenvalue weighted by atomic mass is 16.6. The molecule has 2 amide bonds. The number of nitrogens with zero attached hydrogens (tertiary/aromatic N) is 4. The van der Waals surface area contributed by atoms with Gasteiger partial charge in [-0.1, -0.05) is 5.16 Å². The molecule has 1 fully saturated rings. The van der Waals surface area contributed by atoms with Crippen molar-refractivity contribution in [1.29, 1.82) is 0 Å². The number of carbonyl (C=O) groups is 2. The Balaban J connectivity index is 1.53. The van der Waals surface area contributed by atoms with E-state index in [4.69, 9.17) is 9.57 Å². The molecule has 0 radical (unpaired) electrons. The number of amides is 2. The van der Waals surface area contributed by atoms with Crippen molar-refractivity contribution < 1.29 is 19.2 Å². The molecule has 3 aliphatic rings. The molecule has 1 N–H and O–H groups in total. The third-order valence-electron chi connectivity index (χ3n) is 5.82. The molecule has 0 bridgehead atoms. The average Bonchev–Trinajstić information content (AvgIpc) is 3.32.